The van der Waals surface area contributed by atoms with Crippen LogP contribution in [0.1, 0.15) is 73.6 Å². The SMILES string of the molecule is CC(C)(C)OC(=S)C[C@@H](O)CCCCCO[Si](C)(C)C(C)(C)C. The highest BCUT2D eigenvalue weighted by Crippen LogP contribution is 2.36. The van der Waals surface area contributed by atoms with Gasteiger partial charge in [-0.15, -0.1) is 0 Å². The van der Waals surface area contributed by atoms with E-state index in [-0.39, 0.29) is 10.6 Å². The lowest BCUT2D eigenvalue weighted by Gasteiger charge is -2.36. The molecule has 0 aliphatic heterocycles. The largest absolute Gasteiger partial charge is 0.482 e. The summed E-state index contributed by atoms with van der Waals surface area (Å²) >= 11 is 5.18. The Bertz CT molecular complexity index is 356. The summed E-state index contributed by atoms with van der Waals surface area (Å²) < 4.78 is 11.7. The summed E-state index contributed by atoms with van der Waals surface area (Å²) in [5, 5.41) is 10.8. The number of rotatable bonds is 9. The smallest absolute Gasteiger partial charge is 0.191 e. The van der Waals surface area contributed by atoms with Gasteiger partial charge in [0.2, 0.25) is 0 Å². The van der Waals surface area contributed by atoms with E-state index in [2.05, 4.69) is 33.9 Å². The summed E-state index contributed by atoms with van der Waals surface area (Å²) in [5.41, 5.74) is -0.280. The predicted octanol–water partition coefficient (Wildman–Crippen LogP) is 5.46. The third-order valence-corrected chi connectivity index (χ3v) is 9.06. The third kappa shape index (κ3) is 11.2. The lowest BCUT2D eigenvalue weighted by molar-refractivity contribution is 0.102. The molecular weight excluding hydrogens is 324 g/mol. The van der Waals surface area contributed by atoms with Gasteiger partial charge < -0.3 is 14.3 Å². The highest BCUT2D eigenvalue weighted by atomic mass is 32.1. The molecule has 3 nitrogen and oxygen atoms in total. The Morgan fingerprint density at radius 2 is 1.61 bits per heavy atom. The Hall–Kier alpha value is 0.0269. The van der Waals surface area contributed by atoms with Crippen LogP contribution in [0, 0.1) is 0 Å². The maximum Gasteiger partial charge on any atom is 0.191 e. The number of aliphatic hydroxyl groups excluding tert-OH is 1. The van der Waals surface area contributed by atoms with E-state index < -0.39 is 14.4 Å². The zero-order valence-corrected chi connectivity index (χ0v) is 18.3. The van der Waals surface area contributed by atoms with Gasteiger partial charge in [0, 0.05) is 13.0 Å². The molecule has 0 spiro atoms. The van der Waals surface area contributed by atoms with Gasteiger partial charge in [-0.1, -0.05) is 33.6 Å². The van der Waals surface area contributed by atoms with Crippen LogP contribution in [-0.4, -0.2) is 36.8 Å². The molecule has 0 saturated heterocycles. The van der Waals surface area contributed by atoms with Crippen LogP contribution in [0.3, 0.4) is 0 Å². The summed E-state index contributed by atoms with van der Waals surface area (Å²) in [6.45, 7) is 18.1. The molecule has 1 atom stereocenters. The highest BCUT2D eigenvalue weighted by molar-refractivity contribution is 7.80. The van der Waals surface area contributed by atoms with Gasteiger partial charge in [0.1, 0.15) is 5.60 Å². The molecule has 23 heavy (non-hydrogen) atoms. The minimum atomic E-state index is -1.61. The van der Waals surface area contributed by atoms with Gasteiger partial charge in [-0.05, 0) is 64.0 Å². The van der Waals surface area contributed by atoms with Crippen LogP contribution in [-0.2, 0) is 9.16 Å². The van der Waals surface area contributed by atoms with Crippen LogP contribution in [0.25, 0.3) is 0 Å². The molecule has 1 N–H and O–H groups in total. The number of thiocarbonyl (C=S) groups is 1. The summed E-state index contributed by atoms with van der Waals surface area (Å²) in [5.74, 6) is 0. The van der Waals surface area contributed by atoms with E-state index in [0.29, 0.717) is 11.5 Å². The van der Waals surface area contributed by atoms with E-state index in [4.69, 9.17) is 21.4 Å². The van der Waals surface area contributed by atoms with E-state index in [1.165, 1.54) is 0 Å². The van der Waals surface area contributed by atoms with Gasteiger partial charge >= 0.3 is 0 Å². The Morgan fingerprint density at radius 3 is 2.09 bits per heavy atom. The molecule has 0 aliphatic rings. The summed E-state index contributed by atoms with van der Waals surface area (Å²) in [4.78, 5) is 0. The molecule has 0 rings (SSSR count). The van der Waals surface area contributed by atoms with Gasteiger partial charge in [-0.25, -0.2) is 0 Å². The van der Waals surface area contributed by atoms with Crippen LogP contribution in [0.15, 0.2) is 0 Å². The van der Waals surface area contributed by atoms with Crippen molar-refractivity contribution in [1.29, 1.82) is 0 Å². The molecular formula is C18H38O3SSi. The lowest BCUT2D eigenvalue weighted by atomic mass is 10.1. The Labute approximate surface area is 150 Å². The Balaban J connectivity index is 3.79. The van der Waals surface area contributed by atoms with Crippen LogP contribution < -0.4 is 0 Å². The third-order valence-electron chi connectivity index (χ3n) is 4.27. The average Bonchev–Trinajstić information content (AvgIpc) is 2.29. The lowest BCUT2D eigenvalue weighted by Crippen LogP contribution is -2.40. The molecule has 5 heteroatoms. The van der Waals surface area contributed by atoms with E-state index in [1.54, 1.807) is 0 Å². The molecule has 138 valence electrons. The van der Waals surface area contributed by atoms with Crippen LogP contribution in [0.2, 0.25) is 18.1 Å². The Kier molecular flexibility index (Phi) is 9.51. The van der Waals surface area contributed by atoms with E-state index in [1.807, 2.05) is 20.8 Å². The minimum Gasteiger partial charge on any atom is -0.482 e. The first-order valence-corrected chi connectivity index (χ1v) is 12.1. The first kappa shape index (κ1) is 23.0. The molecule has 0 bridgehead atoms. The molecule has 0 heterocycles. The minimum absolute atomic E-state index is 0.270. The summed E-state index contributed by atoms with van der Waals surface area (Å²) in [7, 11) is -1.61. The van der Waals surface area contributed by atoms with Crippen molar-refractivity contribution in [3.8, 4) is 0 Å². The van der Waals surface area contributed by atoms with E-state index >= 15 is 0 Å². The van der Waals surface area contributed by atoms with Crippen molar-refractivity contribution in [2.45, 2.75) is 103 Å². The van der Waals surface area contributed by atoms with Crippen molar-refractivity contribution in [1.82, 2.24) is 0 Å². The molecule has 0 aliphatic carbocycles. The zero-order valence-electron chi connectivity index (χ0n) is 16.5. The normalized spacial score (nSPS) is 14.7. The fourth-order valence-corrected chi connectivity index (χ4v) is 3.41. The van der Waals surface area contributed by atoms with Crippen LogP contribution in [0.4, 0.5) is 0 Å². The molecule has 0 fully saturated rings. The standard InChI is InChI=1S/C18H38O3SSi/c1-17(2,3)21-16(22)14-15(19)12-10-9-11-13-20-23(7,8)18(4,5)6/h15,19H,9-14H2,1-8H3/t15-/m0/s1. The van der Waals surface area contributed by atoms with Gasteiger partial charge in [-0.2, -0.15) is 0 Å². The average molecular weight is 363 g/mol. The second-order valence-corrected chi connectivity index (χ2v) is 14.2. The van der Waals surface area contributed by atoms with Crippen molar-refractivity contribution in [2.75, 3.05) is 6.61 Å². The van der Waals surface area contributed by atoms with Crippen molar-refractivity contribution >= 4 is 25.6 Å². The van der Waals surface area contributed by atoms with Gasteiger partial charge in [0.15, 0.2) is 13.4 Å². The van der Waals surface area contributed by atoms with Crippen LogP contribution in [0.5, 0.6) is 0 Å². The molecule has 0 radical (unpaired) electrons. The fourth-order valence-electron chi connectivity index (χ4n) is 1.88. The van der Waals surface area contributed by atoms with E-state index in [9.17, 15) is 5.11 Å². The highest BCUT2D eigenvalue weighted by Gasteiger charge is 2.36. The fraction of sp³-hybridized carbons (Fsp3) is 0.944. The molecule has 0 unspecified atom stereocenters. The van der Waals surface area contributed by atoms with E-state index in [0.717, 1.165) is 32.3 Å². The molecule has 0 amide bonds. The number of hydrogen-bond acceptors (Lipinski definition) is 4. The predicted molar refractivity (Wildman–Crippen MR) is 106 cm³/mol. The maximum atomic E-state index is 10.0. The first-order chi connectivity index (χ1) is 10.2. The number of hydrogen-bond donors (Lipinski definition) is 1. The second-order valence-electron chi connectivity index (χ2n) is 8.90. The monoisotopic (exact) mass is 362 g/mol. The number of unbranched alkanes of at least 4 members (excludes halogenated alkanes) is 2. The van der Waals surface area contributed by atoms with Crippen molar-refractivity contribution < 1.29 is 14.3 Å². The molecule has 0 aromatic rings. The van der Waals surface area contributed by atoms with Gasteiger partial charge in [0.25, 0.3) is 0 Å². The Morgan fingerprint density at radius 1 is 1.04 bits per heavy atom. The number of aliphatic hydroxyl groups is 1. The topological polar surface area (TPSA) is 38.7 Å². The van der Waals surface area contributed by atoms with Crippen molar-refractivity contribution in [2.24, 2.45) is 0 Å². The zero-order chi connectivity index (χ0) is 18.3. The van der Waals surface area contributed by atoms with Crippen molar-refractivity contribution in [3.63, 3.8) is 0 Å². The van der Waals surface area contributed by atoms with Gasteiger partial charge in [0.05, 0.1) is 6.10 Å². The molecule has 0 aromatic carbocycles. The maximum absolute atomic E-state index is 10.0. The summed E-state index contributed by atoms with van der Waals surface area (Å²) in [6.07, 6.45) is 3.97. The number of ether oxygens (including phenoxy) is 1. The quantitative estimate of drug-likeness (QED) is 0.336. The van der Waals surface area contributed by atoms with Gasteiger partial charge in [-0.3, -0.25) is 0 Å². The second kappa shape index (κ2) is 9.49. The van der Waals surface area contributed by atoms with Crippen LogP contribution >= 0.6 is 12.2 Å². The summed E-state index contributed by atoms with van der Waals surface area (Å²) in [6, 6.07) is 0. The van der Waals surface area contributed by atoms with Crippen molar-refractivity contribution in [3.05, 3.63) is 0 Å². The molecule has 0 saturated carbocycles. The molecule has 0 aromatic heterocycles. The first-order valence-electron chi connectivity index (χ1n) is 8.78.